The number of amides is 1. The molecule has 0 atom stereocenters. The maximum Gasteiger partial charge on any atom is 0.248 e. The zero-order valence-electron chi connectivity index (χ0n) is 15.6. The second-order valence-corrected chi connectivity index (χ2v) is 6.07. The van der Waals surface area contributed by atoms with E-state index in [0.29, 0.717) is 29.4 Å². The Hall–Kier alpha value is -3.74. The van der Waals surface area contributed by atoms with Gasteiger partial charge in [-0.3, -0.25) is 4.79 Å². The molecule has 0 saturated carbocycles. The Balaban J connectivity index is 1.59. The molecular weight excluding hydrogens is 358 g/mol. The third-order valence-electron chi connectivity index (χ3n) is 4.03. The average Bonchev–Trinajstić information content (AvgIpc) is 3.10. The van der Waals surface area contributed by atoms with E-state index >= 15 is 0 Å². The fourth-order valence-electron chi connectivity index (χ4n) is 2.51. The number of carbonyl (C=O) groups excluding carboxylic acids is 1. The van der Waals surface area contributed by atoms with Crippen LogP contribution in [0.15, 0.2) is 61.1 Å². The Morgan fingerprint density at radius 2 is 2.14 bits per heavy atom. The van der Waals surface area contributed by atoms with Gasteiger partial charge < -0.3 is 24.5 Å². The molecule has 144 valence electrons. The summed E-state index contributed by atoms with van der Waals surface area (Å²) < 4.78 is 12.6. The summed E-state index contributed by atoms with van der Waals surface area (Å²) in [5, 5.41) is 12.6. The predicted molar refractivity (Wildman–Crippen MR) is 106 cm³/mol. The summed E-state index contributed by atoms with van der Waals surface area (Å²) in [6.45, 7) is 0.384. The summed E-state index contributed by atoms with van der Waals surface area (Å²) in [6, 6.07) is 12.1. The van der Waals surface area contributed by atoms with Crippen LogP contribution in [0.1, 0.15) is 11.3 Å². The van der Waals surface area contributed by atoms with E-state index in [2.05, 4.69) is 10.3 Å². The summed E-state index contributed by atoms with van der Waals surface area (Å²) in [7, 11) is 3.38. The first-order valence-corrected chi connectivity index (χ1v) is 8.59. The van der Waals surface area contributed by atoms with Crippen molar-refractivity contribution in [1.82, 2.24) is 9.55 Å². The first-order valence-electron chi connectivity index (χ1n) is 8.59. The van der Waals surface area contributed by atoms with Crippen LogP contribution < -0.4 is 14.8 Å². The molecule has 1 heterocycles. The molecule has 3 aromatic rings. The maximum absolute atomic E-state index is 12.2. The van der Waals surface area contributed by atoms with Gasteiger partial charge in [-0.15, -0.1) is 0 Å². The smallest absolute Gasteiger partial charge is 0.248 e. The Kier molecular flexibility index (Phi) is 5.96. The average molecular weight is 379 g/mol. The molecule has 0 aliphatic rings. The van der Waals surface area contributed by atoms with Crippen LogP contribution in [0.2, 0.25) is 0 Å². The molecule has 0 fully saturated rings. The number of aromatic nitrogens is 2. The number of nitrogens with zero attached hydrogens (tertiary/aromatic N) is 2. The summed E-state index contributed by atoms with van der Waals surface area (Å²) in [4.78, 5) is 16.2. The third-order valence-corrected chi connectivity index (χ3v) is 4.03. The SMILES string of the molecule is COc1ccc(/C=C/C(=O)Nc2cccc(OCc3cncn3C)c2)cc1O. The van der Waals surface area contributed by atoms with E-state index in [4.69, 9.17) is 9.47 Å². The highest BCUT2D eigenvalue weighted by atomic mass is 16.5. The highest BCUT2D eigenvalue weighted by Gasteiger charge is 2.04. The molecule has 0 spiro atoms. The fourth-order valence-corrected chi connectivity index (χ4v) is 2.51. The first kappa shape index (κ1) is 19.0. The molecule has 1 aromatic heterocycles. The van der Waals surface area contributed by atoms with Gasteiger partial charge in [-0.05, 0) is 35.9 Å². The topological polar surface area (TPSA) is 85.6 Å². The van der Waals surface area contributed by atoms with Crippen molar-refractivity contribution in [3.05, 3.63) is 72.3 Å². The van der Waals surface area contributed by atoms with Gasteiger partial charge in [-0.1, -0.05) is 12.1 Å². The van der Waals surface area contributed by atoms with E-state index in [0.717, 1.165) is 5.69 Å². The van der Waals surface area contributed by atoms with Crippen molar-refractivity contribution in [1.29, 1.82) is 0 Å². The molecule has 7 nitrogen and oxygen atoms in total. The zero-order valence-corrected chi connectivity index (χ0v) is 15.6. The predicted octanol–water partition coefficient (Wildman–Crippen LogP) is 3.37. The largest absolute Gasteiger partial charge is 0.504 e. The quantitative estimate of drug-likeness (QED) is 0.615. The molecule has 0 unspecified atom stereocenters. The number of methoxy groups -OCH3 is 1. The molecule has 1 amide bonds. The van der Waals surface area contributed by atoms with E-state index in [1.54, 1.807) is 48.9 Å². The molecule has 2 N–H and O–H groups in total. The Labute approximate surface area is 162 Å². The van der Waals surface area contributed by atoms with Crippen molar-refractivity contribution in [2.75, 3.05) is 12.4 Å². The summed E-state index contributed by atoms with van der Waals surface area (Å²) in [6.07, 6.45) is 6.46. The molecule has 0 aliphatic carbocycles. The molecule has 3 rings (SSSR count). The van der Waals surface area contributed by atoms with E-state index < -0.39 is 0 Å². The number of imidazole rings is 1. The molecular formula is C21H21N3O4. The van der Waals surface area contributed by atoms with E-state index in [-0.39, 0.29) is 11.7 Å². The van der Waals surface area contributed by atoms with Crippen LogP contribution >= 0.6 is 0 Å². The van der Waals surface area contributed by atoms with Crippen molar-refractivity contribution in [3.63, 3.8) is 0 Å². The van der Waals surface area contributed by atoms with E-state index in [1.165, 1.54) is 19.3 Å². The number of phenolic OH excluding ortho intramolecular Hbond substituents is 1. The molecule has 0 aliphatic heterocycles. The van der Waals surface area contributed by atoms with Gasteiger partial charge in [0.25, 0.3) is 0 Å². The van der Waals surface area contributed by atoms with Crippen LogP contribution in [-0.2, 0) is 18.4 Å². The van der Waals surface area contributed by atoms with Crippen molar-refractivity contribution in [3.8, 4) is 17.2 Å². The number of aryl methyl sites for hydroxylation is 1. The fraction of sp³-hybridized carbons (Fsp3) is 0.143. The number of hydrogen-bond acceptors (Lipinski definition) is 5. The number of hydrogen-bond donors (Lipinski definition) is 2. The van der Waals surface area contributed by atoms with E-state index in [9.17, 15) is 9.90 Å². The first-order chi connectivity index (χ1) is 13.5. The van der Waals surface area contributed by atoms with Crippen LogP contribution in [-0.4, -0.2) is 27.7 Å². The van der Waals surface area contributed by atoms with Gasteiger partial charge >= 0.3 is 0 Å². The Morgan fingerprint density at radius 3 is 2.86 bits per heavy atom. The highest BCUT2D eigenvalue weighted by molar-refractivity contribution is 6.02. The van der Waals surface area contributed by atoms with Gasteiger partial charge in [-0.2, -0.15) is 0 Å². The number of anilines is 1. The molecule has 0 bridgehead atoms. The standard InChI is InChI=1S/C21H21N3O4/c1-24-14-22-12-17(24)13-28-18-5-3-4-16(11-18)23-21(26)9-7-15-6-8-20(27-2)19(25)10-15/h3-12,14,25H,13H2,1-2H3,(H,23,26)/b9-7+. The molecule has 2 aromatic carbocycles. The van der Waals surface area contributed by atoms with Crippen molar-refractivity contribution < 1.29 is 19.4 Å². The Morgan fingerprint density at radius 1 is 1.29 bits per heavy atom. The number of benzene rings is 2. The van der Waals surface area contributed by atoms with Gasteiger partial charge in [0.1, 0.15) is 12.4 Å². The van der Waals surface area contributed by atoms with Crippen LogP contribution in [0.4, 0.5) is 5.69 Å². The van der Waals surface area contributed by atoms with Crippen LogP contribution in [0.25, 0.3) is 6.08 Å². The summed E-state index contributed by atoms with van der Waals surface area (Å²) >= 11 is 0. The lowest BCUT2D eigenvalue weighted by molar-refractivity contribution is -0.111. The maximum atomic E-state index is 12.2. The van der Waals surface area contributed by atoms with E-state index in [1.807, 2.05) is 17.7 Å². The lowest BCUT2D eigenvalue weighted by Crippen LogP contribution is -2.08. The van der Waals surface area contributed by atoms with Crippen LogP contribution in [0.3, 0.4) is 0 Å². The normalized spacial score (nSPS) is 10.8. The minimum atomic E-state index is -0.293. The molecule has 7 heteroatoms. The van der Waals surface area contributed by atoms with Gasteiger partial charge in [0.15, 0.2) is 11.5 Å². The number of ether oxygens (including phenoxy) is 2. The number of carbonyl (C=O) groups is 1. The van der Waals surface area contributed by atoms with Crippen molar-refractivity contribution >= 4 is 17.7 Å². The number of aromatic hydroxyl groups is 1. The number of nitrogens with one attached hydrogen (secondary N) is 1. The lowest BCUT2D eigenvalue weighted by atomic mass is 10.2. The van der Waals surface area contributed by atoms with Gasteiger partial charge in [0.2, 0.25) is 5.91 Å². The van der Waals surface area contributed by atoms with Gasteiger partial charge in [0.05, 0.1) is 25.3 Å². The molecule has 0 saturated heterocycles. The number of phenols is 1. The van der Waals surface area contributed by atoms with Crippen LogP contribution in [0, 0.1) is 0 Å². The Bertz CT molecular complexity index is 995. The van der Waals surface area contributed by atoms with Gasteiger partial charge in [0, 0.05) is 24.9 Å². The third kappa shape index (κ3) is 4.91. The number of rotatable bonds is 7. The monoisotopic (exact) mass is 379 g/mol. The highest BCUT2D eigenvalue weighted by Crippen LogP contribution is 2.26. The minimum absolute atomic E-state index is 0.0170. The van der Waals surface area contributed by atoms with Gasteiger partial charge in [-0.25, -0.2) is 4.98 Å². The zero-order chi connectivity index (χ0) is 19.9. The summed E-state index contributed by atoms with van der Waals surface area (Å²) in [5.74, 6) is 0.745. The van der Waals surface area contributed by atoms with Crippen LogP contribution in [0.5, 0.6) is 17.2 Å². The molecule has 28 heavy (non-hydrogen) atoms. The summed E-state index contributed by atoms with van der Waals surface area (Å²) in [5.41, 5.74) is 2.25. The minimum Gasteiger partial charge on any atom is -0.504 e. The molecule has 0 radical (unpaired) electrons. The second-order valence-electron chi connectivity index (χ2n) is 6.07. The van der Waals surface area contributed by atoms with Crippen molar-refractivity contribution in [2.45, 2.75) is 6.61 Å². The van der Waals surface area contributed by atoms with Crippen molar-refractivity contribution in [2.24, 2.45) is 7.05 Å². The second kappa shape index (κ2) is 8.77. The lowest BCUT2D eigenvalue weighted by Gasteiger charge is -2.09.